The number of nitrogens with zero attached hydrogens (tertiary/aromatic N) is 3. The van der Waals surface area contributed by atoms with Gasteiger partial charge in [0.1, 0.15) is 11.6 Å². The molecule has 0 saturated carbocycles. The number of carboxylic acid groups (broad SMARTS) is 1. The third kappa shape index (κ3) is 2.15. The number of hydrogen-bond acceptors (Lipinski definition) is 4. The molecule has 2 rings (SSSR count). The Morgan fingerprint density at radius 1 is 1.44 bits per heavy atom. The maximum atomic E-state index is 11.8. The van der Waals surface area contributed by atoms with Gasteiger partial charge in [-0.25, -0.2) is 4.68 Å². The number of rotatable bonds is 3. The van der Waals surface area contributed by atoms with Crippen LogP contribution in [0.3, 0.4) is 0 Å². The highest BCUT2D eigenvalue weighted by atomic mass is 16.4. The molecule has 1 aromatic carbocycles. The van der Waals surface area contributed by atoms with E-state index in [1.165, 1.54) is 6.92 Å². The van der Waals surface area contributed by atoms with Gasteiger partial charge in [0.2, 0.25) is 0 Å². The van der Waals surface area contributed by atoms with Gasteiger partial charge in [-0.05, 0) is 25.1 Å². The minimum absolute atomic E-state index is 0.357. The van der Waals surface area contributed by atoms with Gasteiger partial charge in [0.05, 0.1) is 5.52 Å². The molecule has 0 aliphatic carbocycles. The molecule has 0 aliphatic heterocycles. The lowest BCUT2D eigenvalue weighted by atomic mass is 10.1. The lowest BCUT2D eigenvalue weighted by Gasteiger charge is -2.08. The number of carbonyl (C=O) groups excluding carboxylic acids is 1. The van der Waals surface area contributed by atoms with E-state index in [2.05, 4.69) is 15.6 Å². The monoisotopic (exact) mass is 248 g/mol. The number of aliphatic carboxylic acids is 1. The number of benzene rings is 1. The zero-order chi connectivity index (χ0) is 13.3. The molecule has 0 saturated heterocycles. The summed E-state index contributed by atoms with van der Waals surface area (Å²) in [5, 5.41) is 18.8. The van der Waals surface area contributed by atoms with E-state index in [0.717, 1.165) is 5.52 Å². The van der Waals surface area contributed by atoms with Crippen LogP contribution in [-0.4, -0.2) is 38.0 Å². The molecular weight excluding hydrogens is 236 g/mol. The fraction of sp³-hybridized carbons (Fsp3) is 0.273. The molecule has 7 nitrogen and oxygen atoms in total. The summed E-state index contributed by atoms with van der Waals surface area (Å²) in [7, 11) is 1.75. The van der Waals surface area contributed by atoms with Crippen molar-refractivity contribution in [1.82, 2.24) is 20.3 Å². The fourth-order valence-corrected chi connectivity index (χ4v) is 1.52. The van der Waals surface area contributed by atoms with Crippen molar-refractivity contribution in [2.45, 2.75) is 13.0 Å². The van der Waals surface area contributed by atoms with Crippen molar-refractivity contribution in [3.8, 4) is 0 Å². The van der Waals surface area contributed by atoms with Gasteiger partial charge in [-0.3, -0.25) is 9.59 Å². The summed E-state index contributed by atoms with van der Waals surface area (Å²) in [5.41, 5.74) is 1.75. The zero-order valence-electron chi connectivity index (χ0n) is 9.91. The van der Waals surface area contributed by atoms with Crippen LogP contribution in [0.2, 0.25) is 0 Å². The summed E-state index contributed by atoms with van der Waals surface area (Å²) in [6.45, 7) is 1.40. The quantitative estimate of drug-likeness (QED) is 0.807. The summed E-state index contributed by atoms with van der Waals surface area (Å²) >= 11 is 0. The first-order valence-corrected chi connectivity index (χ1v) is 5.32. The first-order valence-electron chi connectivity index (χ1n) is 5.32. The smallest absolute Gasteiger partial charge is 0.325 e. The molecule has 2 aromatic rings. The molecule has 1 atom stereocenters. The van der Waals surface area contributed by atoms with E-state index in [0.29, 0.717) is 11.1 Å². The Hall–Kier alpha value is -2.44. The summed E-state index contributed by atoms with van der Waals surface area (Å²) in [5.74, 6) is -1.53. The topological polar surface area (TPSA) is 97.1 Å². The van der Waals surface area contributed by atoms with E-state index in [4.69, 9.17) is 5.11 Å². The third-order valence-electron chi connectivity index (χ3n) is 2.59. The first-order chi connectivity index (χ1) is 8.49. The number of aryl methyl sites for hydroxylation is 1. The predicted octanol–water partition coefficient (Wildman–Crippen LogP) is 0.171. The van der Waals surface area contributed by atoms with Crippen molar-refractivity contribution < 1.29 is 14.7 Å². The van der Waals surface area contributed by atoms with Gasteiger partial charge in [0.25, 0.3) is 5.91 Å². The molecule has 1 amide bonds. The number of fused-ring (bicyclic) bond motifs is 1. The van der Waals surface area contributed by atoms with Gasteiger partial charge >= 0.3 is 5.97 Å². The zero-order valence-corrected chi connectivity index (χ0v) is 9.91. The molecule has 2 N–H and O–H groups in total. The highest BCUT2D eigenvalue weighted by Crippen LogP contribution is 2.12. The summed E-state index contributed by atoms with van der Waals surface area (Å²) in [6.07, 6.45) is 0. The normalized spacial score (nSPS) is 12.3. The van der Waals surface area contributed by atoms with Crippen molar-refractivity contribution in [3.05, 3.63) is 23.8 Å². The van der Waals surface area contributed by atoms with Crippen LogP contribution in [0.15, 0.2) is 18.2 Å². The molecular formula is C11H12N4O3. The van der Waals surface area contributed by atoms with Crippen molar-refractivity contribution >= 4 is 22.9 Å². The van der Waals surface area contributed by atoms with Gasteiger partial charge in [0, 0.05) is 12.6 Å². The summed E-state index contributed by atoms with van der Waals surface area (Å²) in [6, 6.07) is 3.97. The van der Waals surface area contributed by atoms with Crippen molar-refractivity contribution in [3.63, 3.8) is 0 Å². The van der Waals surface area contributed by atoms with E-state index in [1.807, 2.05) is 0 Å². The molecule has 1 aromatic heterocycles. The van der Waals surface area contributed by atoms with Crippen molar-refractivity contribution in [1.29, 1.82) is 0 Å². The minimum atomic E-state index is -1.08. The van der Waals surface area contributed by atoms with E-state index in [1.54, 1.807) is 29.9 Å². The molecule has 18 heavy (non-hydrogen) atoms. The van der Waals surface area contributed by atoms with Gasteiger partial charge < -0.3 is 10.4 Å². The largest absolute Gasteiger partial charge is 0.480 e. The number of carbonyl (C=O) groups is 2. The average molecular weight is 248 g/mol. The Bertz CT molecular complexity index is 620. The van der Waals surface area contributed by atoms with E-state index < -0.39 is 17.9 Å². The molecule has 94 valence electrons. The van der Waals surface area contributed by atoms with E-state index >= 15 is 0 Å². The molecule has 0 unspecified atom stereocenters. The Morgan fingerprint density at radius 2 is 2.17 bits per heavy atom. The van der Waals surface area contributed by atoms with Crippen LogP contribution in [0.5, 0.6) is 0 Å². The van der Waals surface area contributed by atoms with Crippen LogP contribution < -0.4 is 5.32 Å². The minimum Gasteiger partial charge on any atom is -0.480 e. The Labute approximate surface area is 102 Å². The highest BCUT2D eigenvalue weighted by molar-refractivity contribution is 5.98. The standard InChI is InChI=1S/C11H12N4O3/c1-6(11(17)18)12-10(16)7-3-4-9-8(5-7)13-14-15(9)2/h3-6H,1-2H3,(H,12,16)(H,17,18)/t6-/m1/s1. The molecule has 0 spiro atoms. The predicted molar refractivity (Wildman–Crippen MR) is 63.1 cm³/mol. The number of amides is 1. The second-order valence-corrected chi connectivity index (χ2v) is 3.95. The second kappa shape index (κ2) is 4.44. The fourth-order valence-electron chi connectivity index (χ4n) is 1.52. The van der Waals surface area contributed by atoms with E-state index in [9.17, 15) is 9.59 Å². The molecule has 7 heteroatoms. The number of aromatic nitrogens is 3. The van der Waals surface area contributed by atoms with Crippen LogP contribution in [-0.2, 0) is 11.8 Å². The lowest BCUT2D eigenvalue weighted by Crippen LogP contribution is -2.38. The second-order valence-electron chi connectivity index (χ2n) is 3.95. The maximum Gasteiger partial charge on any atom is 0.325 e. The lowest BCUT2D eigenvalue weighted by molar-refractivity contribution is -0.138. The SMILES string of the molecule is C[C@@H](NC(=O)c1ccc2c(c1)nnn2C)C(=O)O. The Morgan fingerprint density at radius 3 is 2.83 bits per heavy atom. The van der Waals surface area contributed by atoms with Gasteiger partial charge in [-0.15, -0.1) is 5.10 Å². The molecule has 1 heterocycles. The Balaban J connectivity index is 2.25. The number of hydrogen-bond donors (Lipinski definition) is 2. The van der Waals surface area contributed by atoms with Crippen molar-refractivity contribution in [2.75, 3.05) is 0 Å². The highest BCUT2D eigenvalue weighted by Gasteiger charge is 2.16. The van der Waals surface area contributed by atoms with E-state index in [-0.39, 0.29) is 0 Å². The average Bonchev–Trinajstić information content (AvgIpc) is 2.70. The molecule has 0 aliphatic rings. The van der Waals surface area contributed by atoms with Crippen LogP contribution in [0.25, 0.3) is 11.0 Å². The van der Waals surface area contributed by atoms with Gasteiger partial charge in [-0.1, -0.05) is 5.21 Å². The van der Waals surface area contributed by atoms with Gasteiger partial charge in [0.15, 0.2) is 0 Å². The van der Waals surface area contributed by atoms with Crippen molar-refractivity contribution in [2.24, 2.45) is 7.05 Å². The van der Waals surface area contributed by atoms with Crippen LogP contribution in [0.4, 0.5) is 0 Å². The van der Waals surface area contributed by atoms with Gasteiger partial charge in [-0.2, -0.15) is 0 Å². The van der Waals surface area contributed by atoms with Crippen LogP contribution in [0.1, 0.15) is 17.3 Å². The van der Waals surface area contributed by atoms with Crippen LogP contribution >= 0.6 is 0 Å². The summed E-state index contributed by atoms with van der Waals surface area (Å²) < 4.78 is 1.59. The molecule has 0 radical (unpaired) electrons. The number of nitrogens with one attached hydrogen (secondary N) is 1. The molecule has 0 fully saturated rings. The first kappa shape index (κ1) is 12.0. The summed E-state index contributed by atoms with van der Waals surface area (Å²) in [4.78, 5) is 22.4. The Kier molecular flexibility index (Phi) is 2.97. The van der Waals surface area contributed by atoms with Crippen LogP contribution in [0, 0.1) is 0 Å². The molecule has 0 bridgehead atoms. The number of carboxylic acids is 1. The third-order valence-corrected chi connectivity index (χ3v) is 2.59. The maximum absolute atomic E-state index is 11.8.